The maximum absolute atomic E-state index is 13.5. The highest BCUT2D eigenvalue weighted by Crippen LogP contribution is 2.65. The molecule has 0 aliphatic heterocycles. The van der Waals surface area contributed by atoms with E-state index < -0.39 is 29.9 Å². The van der Waals surface area contributed by atoms with Gasteiger partial charge in [-0.1, -0.05) is 13.8 Å². The molecule has 4 aliphatic carbocycles. The number of esters is 2. The second kappa shape index (κ2) is 7.77. The van der Waals surface area contributed by atoms with Crippen LogP contribution in [0.4, 0.5) is 0 Å². The second-order valence-corrected chi connectivity index (χ2v) is 11.0. The van der Waals surface area contributed by atoms with Crippen LogP contribution in [0.5, 0.6) is 0 Å². The van der Waals surface area contributed by atoms with Crippen molar-refractivity contribution >= 4 is 29.3 Å². The lowest BCUT2D eigenvalue weighted by molar-refractivity contribution is -0.190. The van der Waals surface area contributed by atoms with Gasteiger partial charge < -0.3 is 9.47 Å². The SMILES string of the molecule is CC(=O)OCC(=O)[C@]1(OC(C)=O)CC[C@@]2(C)[C@@H](CC(=O)[C@@H]3[C@H]4CCC(=O)[C@@]4(C)CC[C@@H]32)C1. The Labute approximate surface area is 189 Å². The highest BCUT2D eigenvalue weighted by molar-refractivity contribution is 5.93. The van der Waals surface area contributed by atoms with Gasteiger partial charge in [-0.25, -0.2) is 0 Å². The smallest absolute Gasteiger partial charge is 0.303 e. The summed E-state index contributed by atoms with van der Waals surface area (Å²) in [6.07, 6.45) is 4.64. The van der Waals surface area contributed by atoms with E-state index in [-0.39, 0.29) is 46.7 Å². The molecule has 7 heteroatoms. The quantitative estimate of drug-likeness (QED) is 0.611. The molecule has 0 saturated heterocycles. The maximum Gasteiger partial charge on any atom is 0.303 e. The van der Waals surface area contributed by atoms with Crippen molar-refractivity contribution in [3.8, 4) is 0 Å². The number of ketones is 3. The van der Waals surface area contributed by atoms with E-state index in [1.165, 1.54) is 13.8 Å². The van der Waals surface area contributed by atoms with Crippen LogP contribution in [0, 0.1) is 34.5 Å². The van der Waals surface area contributed by atoms with Gasteiger partial charge in [0.1, 0.15) is 11.6 Å². The fourth-order valence-corrected chi connectivity index (χ4v) is 7.66. The number of Topliss-reactive ketones (excluding diaryl/α,β-unsaturated/α-hetero) is 3. The molecule has 0 radical (unpaired) electrons. The van der Waals surface area contributed by atoms with Gasteiger partial charge in [-0.15, -0.1) is 0 Å². The zero-order valence-electron chi connectivity index (χ0n) is 19.5. The van der Waals surface area contributed by atoms with Crippen LogP contribution in [0.15, 0.2) is 0 Å². The van der Waals surface area contributed by atoms with Crippen LogP contribution in [0.3, 0.4) is 0 Å². The van der Waals surface area contributed by atoms with Crippen molar-refractivity contribution in [3.63, 3.8) is 0 Å². The number of fused-ring (bicyclic) bond motifs is 5. The summed E-state index contributed by atoms with van der Waals surface area (Å²) in [6.45, 7) is 6.33. The Morgan fingerprint density at radius 3 is 2.34 bits per heavy atom. The van der Waals surface area contributed by atoms with Crippen molar-refractivity contribution in [2.24, 2.45) is 34.5 Å². The first-order valence-electron chi connectivity index (χ1n) is 11.9. The fourth-order valence-electron chi connectivity index (χ4n) is 7.66. The van der Waals surface area contributed by atoms with Crippen molar-refractivity contribution in [2.75, 3.05) is 6.61 Å². The van der Waals surface area contributed by atoms with Crippen LogP contribution in [0.2, 0.25) is 0 Å². The molecule has 0 spiro atoms. The molecule has 7 nitrogen and oxygen atoms in total. The number of hydrogen-bond donors (Lipinski definition) is 0. The van der Waals surface area contributed by atoms with E-state index in [0.717, 1.165) is 19.3 Å². The van der Waals surface area contributed by atoms with Gasteiger partial charge in [0.25, 0.3) is 0 Å². The molecule has 0 aromatic carbocycles. The number of hydrogen-bond acceptors (Lipinski definition) is 7. The number of carbonyl (C=O) groups is 5. The minimum Gasteiger partial charge on any atom is -0.458 e. The third-order valence-corrected chi connectivity index (χ3v) is 9.48. The van der Waals surface area contributed by atoms with Gasteiger partial charge in [-0.2, -0.15) is 0 Å². The molecule has 0 aromatic heterocycles. The molecule has 4 aliphatic rings. The maximum atomic E-state index is 13.5. The lowest BCUT2D eigenvalue weighted by atomic mass is 9.44. The van der Waals surface area contributed by atoms with Crippen molar-refractivity contribution in [2.45, 2.75) is 84.7 Å². The molecule has 0 aromatic rings. The Hall–Kier alpha value is -2.05. The van der Waals surface area contributed by atoms with Crippen LogP contribution >= 0.6 is 0 Å². The summed E-state index contributed by atoms with van der Waals surface area (Å²) in [5.41, 5.74) is -1.89. The zero-order chi connectivity index (χ0) is 23.5. The lowest BCUT2D eigenvalue weighted by Gasteiger charge is -2.60. The zero-order valence-corrected chi connectivity index (χ0v) is 19.5. The van der Waals surface area contributed by atoms with Crippen molar-refractivity contribution < 1.29 is 33.4 Å². The Morgan fingerprint density at radius 2 is 1.69 bits per heavy atom. The van der Waals surface area contributed by atoms with Gasteiger partial charge in [0.05, 0.1) is 0 Å². The lowest BCUT2D eigenvalue weighted by Crippen LogP contribution is -2.61. The molecule has 0 N–H and O–H groups in total. The topological polar surface area (TPSA) is 104 Å². The molecular formula is C25H34O7. The van der Waals surface area contributed by atoms with Crippen molar-refractivity contribution in [3.05, 3.63) is 0 Å². The number of rotatable bonds is 4. The Balaban J connectivity index is 1.62. The molecule has 0 heterocycles. The largest absolute Gasteiger partial charge is 0.458 e. The summed E-state index contributed by atoms with van der Waals surface area (Å²) in [7, 11) is 0. The molecule has 0 bridgehead atoms. The summed E-state index contributed by atoms with van der Waals surface area (Å²) in [6, 6.07) is 0. The third kappa shape index (κ3) is 3.43. The highest BCUT2D eigenvalue weighted by Gasteiger charge is 2.65. The predicted octanol–water partition coefficient (Wildman–Crippen LogP) is 3.21. The second-order valence-electron chi connectivity index (χ2n) is 11.0. The van der Waals surface area contributed by atoms with E-state index >= 15 is 0 Å². The van der Waals surface area contributed by atoms with Crippen LogP contribution in [0.25, 0.3) is 0 Å². The Morgan fingerprint density at radius 1 is 0.969 bits per heavy atom. The highest BCUT2D eigenvalue weighted by atomic mass is 16.6. The minimum atomic E-state index is -1.36. The first-order chi connectivity index (χ1) is 14.9. The Bertz CT molecular complexity index is 878. The average molecular weight is 447 g/mol. The summed E-state index contributed by atoms with van der Waals surface area (Å²) in [5, 5.41) is 0. The van der Waals surface area contributed by atoms with Crippen LogP contribution in [-0.2, 0) is 33.4 Å². The van der Waals surface area contributed by atoms with E-state index in [4.69, 9.17) is 9.47 Å². The molecular weight excluding hydrogens is 412 g/mol. The first-order valence-corrected chi connectivity index (χ1v) is 11.9. The molecule has 32 heavy (non-hydrogen) atoms. The molecule has 4 fully saturated rings. The minimum absolute atomic E-state index is 0.0907. The number of carbonyl (C=O) groups excluding carboxylic acids is 5. The van der Waals surface area contributed by atoms with Crippen LogP contribution in [0.1, 0.15) is 79.1 Å². The monoisotopic (exact) mass is 446 g/mol. The van der Waals surface area contributed by atoms with Gasteiger partial charge in [-0.05, 0) is 61.7 Å². The van der Waals surface area contributed by atoms with Crippen molar-refractivity contribution in [1.29, 1.82) is 0 Å². The molecule has 0 amide bonds. The van der Waals surface area contributed by atoms with Gasteiger partial charge in [0.2, 0.25) is 5.78 Å². The fraction of sp³-hybridized carbons (Fsp3) is 0.800. The van der Waals surface area contributed by atoms with E-state index in [1.807, 2.05) is 6.92 Å². The normalized spacial score (nSPS) is 43.0. The van der Waals surface area contributed by atoms with E-state index in [0.29, 0.717) is 31.5 Å². The molecule has 4 saturated carbocycles. The molecule has 4 rings (SSSR count). The van der Waals surface area contributed by atoms with E-state index in [2.05, 4.69) is 6.92 Å². The molecule has 0 unspecified atom stereocenters. The first kappa shape index (κ1) is 23.1. The van der Waals surface area contributed by atoms with Gasteiger partial charge in [0, 0.05) is 38.0 Å². The van der Waals surface area contributed by atoms with Gasteiger partial charge >= 0.3 is 11.9 Å². The summed E-state index contributed by atoms with van der Waals surface area (Å²) in [5.74, 6) is -0.944. The Kier molecular flexibility index (Phi) is 5.61. The van der Waals surface area contributed by atoms with Crippen LogP contribution < -0.4 is 0 Å². The summed E-state index contributed by atoms with van der Waals surface area (Å²) >= 11 is 0. The van der Waals surface area contributed by atoms with Crippen LogP contribution in [-0.4, -0.2) is 41.5 Å². The third-order valence-electron chi connectivity index (χ3n) is 9.48. The molecule has 176 valence electrons. The van der Waals surface area contributed by atoms with E-state index in [9.17, 15) is 24.0 Å². The number of ether oxygens (including phenoxy) is 2. The molecule has 7 atom stereocenters. The van der Waals surface area contributed by atoms with E-state index in [1.54, 1.807) is 0 Å². The summed E-state index contributed by atoms with van der Waals surface area (Å²) < 4.78 is 10.5. The predicted molar refractivity (Wildman–Crippen MR) is 113 cm³/mol. The summed E-state index contributed by atoms with van der Waals surface area (Å²) in [4.78, 5) is 62.3. The average Bonchev–Trinajstić information content (AvgIpc) is 3.01. The van der Waals surface area contributed by atoms with Gasteiger partial charge in [0.15, 0.2) is 12.2 Å². The van der Waals surface area contributed by atoms with Crippen molar-refractivity contribution in [1.82, 2.24) is 0 Å². The standard InChI is InChI=1S/C25H34O7/c1-14(26)31-13-21(30)25(32-15(2)27)10-9-23(3)16(12-25)11-19(28)22-17-5-6-20(29)24(17,4)8-7-18(22)23/h16-18,22H,5-13H2,1-4H3/t16-,17+,18-,22+,23-,24-,25-/m0/s1. The van der Waals surface area contributed by atoms with Gasteiger partial charge in [-0.3, -0.25) is 24.0 Å².